The molecule has 3 aromatic carbocycles. The molecule has 1 aromatic heterocycles. The molecular weight excluding hydrogens is 584 g/mol. The summed E-state index contributed by atoms with van der Waals surface area (Å²) in [5.74, 6) is -0.193. The Kier molecular flexibility index (Phi) is 8.87. The van der Waals surface area contributed by atoms with Gasteiger partial charge in [-0.3, -0.25) is 14.3 Å². The third-order valence-electron chi connectivity index (χ3n) is 8.81. The number of hydrogen-bond acceptors (Lipinski definition) is 4. The second kappa shape index (κ2) is 12.8. The molecule has 1 saturated carbocycles. The second-order valence-electron chi connectivity index (χ2n) is 11.7. The number of carbonyl (C=O) groups excluding carboxylic acids is 1. The van der Waals surface area contributed by atoms with E-state index in [-0.39, 0.29) is 10.9 Å². The zero-order valence-corrected chi connectivity index (χ0v) is 25.8. The lowest BCUT2D eigenvalue weighted by Gasteiger charge is -2.33. The number of rotatable bonds is 7. The van der Waals surface area contributed by atoms with Crippen molar-refractivity contribution in [1.29, 1.82) is 0 Å². The van der Waals surface area contributed by atoms with Gasteiger partial charge in [0.2, 0.25) is 5.91 Å². The Hall–Kier alpha value is -3.23. The van der Waals surface area contributed by atoms with E-state index in [2.05, 4.69) is 16.8 Å². The standard InChI is InChI=1S/C34H36Cl2FN5O/c1-40-16-18-41(19-17-40)21-23-14-15-24(35)20-27(23)32-31(25-10-5-6-11-26(25)33(38)43)39-34(22-8-3-2-4-9-22)42(32)29-13-7-12-28(36)30(29)37/h5-7,10-15,20,22H,2-4,8-9,16-19,21H2,1H3,(H2,38,43). The first kappa shape index (κ1) is 29.8. The minimum Gasteiger partial charge on any atom is -0.366 e. The number of nitrogens with zero attached hydrogens (tertiary/aromatic N) is 4. The third kappa shape index (κ3) is 6.09. The molecule has 0 spiro atoms. The summed E-state index contributed by atoms with van der Waals surface area (Å²) in [5, 5.41) is 0.597. The molecule has 0 unspecified atom stereocenters. The van der Waals surface area contributed by atoms with E-state index in [1.165, 1.54) is 0 Å². The van der Waals surface area contributed by atoms with E-state index in [1.807, 2.05) is 34.9 Å². The summed E-state index contributed by atoms with van der Waals surface area (Å²) >= 11 is 13.1. The minimum atomic E-state index is -0.548. The molecule has 0 radical (unpaired) electrons. The molecule has 2 aliphatic rings. The smallest absolute Gasteiger partial charge is 0.249 e. The number of piperazine rings is 1. The van der Waals surface area contributed by atoms with Crippen LogP contribution in [0.5, 0.6) is 0 Å². The number of benzene rings is 3. The molecule has 1 aliphatic carbocycles. The highest BCUT2D eigenvalue weighted by Crippen LogP contribution is 2.44. The maximum Gasteiger partial charge on any atom is 0.249 e. The van der Waals surface area contributed by atoms with Crippen molar-refractivity contribution in [2.45, 2.75) is 44.6 Å². The highest BCUT2D eigenvalue weighted by molar-refractivity contribution is 6.31. The maximum absolute atomic E-state index is 16.0. The maximum atomic E-state index is 16.0. The van der Waals surface area contributed by atoms with E-state index in [4.69, 9.17) is 33.9 Å². The number of likely N-dealkylation sites (N-methyl/N-ethyl adjacent to an activating group) is 1. The van der Waals surface area contributed by atoms with Crippen molar-refractivity contribution in [1.82, 2.24) is 19.4 Å². The number of hydrogen-bond donors (Lipinski definition) is 1. The Morgan fingerprint density at radius 3 is 2.44 bits per heavy atom. The fraction of sp³-hybridized carbons (Fsp3) is 0.353. The molecule has 224 valence electrons. The van der Waals surface area contributed by atoms with Gasteiger partial charge in [-0.2, -0.15) is 0 Å². The summed E-state index contributed by atoms with van der Waals surface area (Å²) in [6, 6.07) is 18.2. The number of nitrogens with two attached hydrogens (primary N) is 1. The van der Waals surface area contributed by atoms with Crippen molar-refractivity contribution in [2.24, 2.45) is 5.73 Å². The van der Waals surface area contributed by atoms with Crippen molar-refractivity contribution in [2.75, 3.05) is 33.2 Å². The van der Waals surface area contributed by atoms with E-state index in [9.17, 15) is 4.79 Å². The number of aromatic nitrogens is 2. The van der Waals surface area contributed by atoms with E-state index >= 15 is 4.39 Å². The van der Waals surface area contributed by atoms with Gasteiger partial charge in [0.05, 0.1) is 22.1 Å². The van der Waals surface area contributed by atoms with Gasteiger partial charge in [-0.25, -0.2) is 9.37 Å². The van der Waals surface area contributed by atoms with Crippen LogP contribution in [-0.2, 0) is 6.54 Å². The van der Waals surface area contributed by atoms with Gasteiger partial charge in [0.25, 0.3) is 0 Å². The van der Waals surface area contributed by atoms with Crippen LogP contribution in [0.4, 0.5) is 4.39 Å². The number of primary amides is 1. The van der Waals surface area contributed by atoms with Crippen molar-refractivity contribution >= 4 is 29.1 Å². The zero-order valence-electron chi connectivity index (χ0n) is 24.3. The van der Waals surface area contributed by atoms with Crippen LogP contribution >= 0.6 is 23.2 Å². The van der Waals surface area contributed by atoms with Crippen LogP contribution in [0.3, 0.4) is 0 Å². The lowest BCUT2D eigenvalue weighted by atomic mass is 9.88. The summed E-state index contributed by atoms with van der Waals surface area (Å²) in [7, 11) is 2.14. The molecule has 0 atom stereocenters. The fourth-order valence-corrected chi connectivity index (χ4v) is 6.82. The molecule has 43 heavy (non-hydrogen) atoms. The third-order valence-corrected chi connectivity index (χ3v) is 9.34. The van der Waals surface area contributed by atoms with Crippen molar-refractivity contribution in [3.8, 4) is 28.2 Å². The van der Waals surface area contributed by atoms with Crippen LogP contribution in [0.1, 0.15) is 59.8 Å². The molecule has 6 rings (SSSR count). The van der Waals surface area contributed by atoms with Crippen LogP contribution in [0.15, 0.2) is 60.7 Å². The van der Waals surface area contributed by atoms with Crippen molar-refractivity contribution in [3.63, 3.8) is 0 Å². The summed E-state index contributed by atoms with van der Waals surface area (Å²) in [5.41, 5.74) is 10.3. The second-order valence-corrected chi connectivity index (χ2v) is 12.5. The Labute approximate surface area is 262 Å². The number of amides is 1. The molecule has 2 heterocycles. The lowest BCUT2D eigenvalue weighted by Crippen LogP contribution is -2.43. The van der Waals surface area contributed by atoms with Crippen LogP contribution in [0.25, 0.3) is 28.2 Å². The first-order chi connectivity index (χ1) is 20.8. The molecule has 6 nitrogen and oxygen atoms in total. The SMILES string of the molecule is CN1CCN(Cc2ccc(Cl)cc2-c2c(-c3ccccc3C(N)=O)nc(C3CCCCC3)n2-c2cccc(Cl)c2F)CC1. The van der Waals surface area contributed by atoms with Gasteiger partial charge in [0.15, 0.2) is 5.82 Å². The Bertz CT molecular complexity index is 1640. The predicted octanol–water partition coefficient (Wildman–Crippen LogP) is 7.55. The number of carbonyl (C=O) groups is 1. The first-order valence-corrected chi connectivity index (χ1v) is 15.7. The summed E-state index contributed by atoms with van der Waals surface area (Å²) in [4.78, 5) is 22.7. The minimum absolute atomic E-state index is 0.0367. The van der Waals surface area contributed by atoms with Gasteiger partial charge in [0.1, 0.15) is 5.82 Å². The summed E-state index contributed by atoms with van der Waals surface area (Å²) in [6.07, 6.45) is 5.20. The molecule has 1 amide bonds. The Morgan fingerprint density at radius 1 is 0.953 bits per heavy atom. The van der Waals surface area contributed by atoms with Crippen LogP contribution in [0.2, 0.25) is 10.0 Å². The molecule has 2 N–H and O–H groups in total. The quantitative estimate of drug-likeness (QED) is 0.232. The van der Waals surface area contributed by atoms with Crippen LogP contribution < -0.4 is 5.73 Å². The van der Waals surface area contributed by atoms with Gasteiger partial charge in [-0.15, -0.1) is 0 Å². The largest absolute Gasteiger partial charge is 0.366 e. The summed E-state index contributed by atoms with van der Waals surface area (Å²) < 4.78 is 18.0. The number of halogens is 3. The van der Waals surface area contributed by atoms with Crippen molar-refractivity contribution in [3.05, 3.63) is 93.5 Å². The van der Waals surface area contributed by atoms with Gasteiger partial charge < -0.3 is 10.6 Å². The van der Waals surface area contributed by atoms with Gasteiger partial charge >= 0.3 is 0 Å². The van der Waals surface area contributed by atoms with E-state index in [0.29, 0.717) is 39.8 Å². The zero-order chi connectivity index (χ0) is 30.1. The normalized spacial score (nSPS) is 16.9. The van der Waals surface area contributed by atoms with E-state index in [1.54, 1.807) is 30.3 Å². The highest BCUT2D eigenvalue weighted by atomic mass is 35.5. The molecule has 1 saturated heterocycles. The monoisotopic (exact) mass is 619 g/mol. The van der Waals surface area contributed by atoms with Crippen LogP contribution in [-0.4, -0.2) is 58.5 Å². The van der Waals surface area contributed by atoms with Crippen LogP contribution in [0, 0.1) is 5.82 Å². The Morgan fingerprint density at radius 2 is 1.70 bits per heavy atom. The fourth-order valence-electron chi connectivity index (χ4n) is 6.48. The highest BCUT2D eigenvalue weighted by Gasteiger charge is 2.31. The molecule has 0 bridgehead atoms. The average Bonchev–Trinajstić information content (AvgIpc) is 3.41. The summed E-state index contributed by atoms with van der Waals surface area (Å²) in [6.45, 7) is 4.53. The molecular formula is C34H36Cl2FN5O. The molecule has 1 aliphatic heterocycles. The topological polar surface area (TPSA) is 67.4 Å². The molecule has 9 heteroatoms. The van der Waals surface area contributed by atoms with Gasteiger partial charge in [-0.1, -0.05) is 72.8 Å². The average molecular weight is 621 g/mol. The lowest BCUT2D eigenvalue weighted by molar-refractivity contribution is 0.100. The van der Waals surface area contributed by atoms with Gasteiger partial charge in [0, 0.05) is 60.4 Å². The number of imidazole rings is 1. The van der Waals surface area contributed by atoms with E-state index in [0.717, 1.165) is 75.2 Å². The predicted molar refractivity (Wildman–Crippen MR) is 172 cm³/mol. The van der Waals surface area contributed by atoms with Crippen molar-refractivity contribution < 1.29 is 9.18 Å². The molecule has 2 fully saturated rings. The Balaban J connectivity index is 1.66. The molecule has 4 aromatic rings. The first-order valence-electron chi connectivity index (χ1n) is 15.0. The van der Waals surface area contributed by atoms with E-state index < -0.39 is 11.7 Å². The van der Waals surface area contributed by atoms with Gasteiger partial charge in [-0.05, 0) is 55.8 Å².